The molecule has 0 bridgehead atoms. The van der Waals surface area contributed by atoms with Crippen LogP contribution in [0.15, 0.2) is 18.2 Å². The monoisotopic (exact) mass is 260 g/mol. The Morgan fingerprint density at radius 1 is 1.26 bits per heavy atom. The number of benzene rings is 1. The normalized spacial score (nSPS) is 17.9. The van der Waals surface area contributed by atoms with Crippen LogP contribution in [0.1, 0.15) is 51.5 Å². The lowest BCUT2D eigenvalue weighted by Crippen LogP contribution is -2.28. The van der Waals surface area contributed by atoms with Crippen molar-refractivity contribution in [3.63, 3.8) is 0 Å². The van der Waals surface area contributed by atoms with Gasteiger partial charge in [0, 0.05) is 17.9 Å². The predicted octanol–water partition coefficient (Wildman–Crippen LogP) is 4.60. The van der Waals surface area contributed by atoms with Crippen molar-refractivity contribution >= 4 is 11.4 Å². The molecule has 1 saturated carbocycles. The molecule has 2 nitrogen and oxygen atoms in total. The predicted molar refractivity (Wildman–Crippen MR) is 84.4 cm³/mol. The van der Waals surface area contributed by atoms with Crippen LogP contribution in [0.2, 0.25) is 0 Å². The molecule has 0 amide bonds. The van der Waals surface area contributed by atoms with Gasteiger partial charge in [0.25, 0.3) is 0 Å². The Bertz CT molecular complexity index is 417. The van der Waals surface area contributed by atoms with Crippen LogP contribution in [-0.4, -0.2) is 6.54 Å². The number of rotatable bonds is 5. The Balaban J connectivity index is 2.00. The van der Waals surface area contributed by atoms with Crippen LogP contribution in [-0.2, 0) is 0 Å². The van der Waals surface area contributed by atoms with Gasteiger partial charge in [-0.1, -0.05) is 26.7 Å². The first-order valence-corrected chi connectivity index (χ1v) is 7.61. The van der Waals surface area contributed by atoms with Gasteiger partial charge < -0.3 is 11.1 Å². The Labute approximate surface area is 117 Å². The topological polar surface area (TPSA) is 38.0 Å². The highest BCUT2D eigenvalue weighted by atomic mass is 14.9. The van der Waals surface area contributed by atoms with E-state index in [0.29, 0.717) is 5.41 Å². The van der Waals surface area contributed by atoms with E-state index >= 15 is 0 Å². The first kappa shape index (κ1) is 14.2. The third-order valence-electron chi connectivity index (χ3n) is 4.44. The van der Waals surface area contributed by atoms with Gasteiger partial charge in [-0.25, -0.2) is 0 Å². The second-order valence-electron chi connectivity index (χ2n) is 6.73. The molecule has 2 heteroatoms. The summed E-state index contributed by atoms with van der Waals surface area (Å²) in [6, 6.07) is 6.26. The quantitative estimate of drug-likeness (QED) is 0.760. The minimum absolute atomic E-state index is 0.517. The number of nitrogens with one attached hydrogen (secondary N) is 1. The summed E-state index contributed by atoms with van der Waals surface area (Å²) in [7, 11) is 0. The van der Waals surface area contributed by atoms with E-state index < -0.39 is 0 Å². The van der Waals surface area contributed by atoms with E-state index in [2.05, 4.69) is 38.2 Å². The van der Waals surface area contributed by atoms with E-state index in [0.717, 1.165) is 23.7 Å². The third kappa shape index (κ3) is 3.65. The highest BCUT2D eigenvalue weighted by molar-refractivity contribution is 5.56. The molecular formula is C17H28N2. The standard InChI is InChI=1S/C17H28N2/c1-13(2)11-17(8-4-5-9-17)12-19-15-6-7-16(18)14(3)10-15/h6-7,10,13,19H,4-5,8-9,11-12,18H2,1-3H3. The van der Waals surface area contributed by atoms with Crippen molar-refractivity contribution in [3.05, 3.63) is 23.8 Å². The lowest BCUT2D eigenvalue weighted by atomic mass is 9.78. The Morgan fingerprint density at radius 2 is 1.95 bits per heavy atom. The highest BCUT2D eigenvalue weighted by Gasteiger charge is 2.34. The van der Waals surface area contributed by atoms with Gasteiger partial charge in [0.2, 0.25) is 0 Å². The van der Waals surface area contributed by atoms with Crippen LogP contribution in [0.3, 0.4) is 0 Å². The summed E-state index contributed by atoms with van der Waals surface area (Å²) in [5, 5.41) is 3.65. The minimum Gasteiger partial charge on any atom is -0.399 e. The third-order valence-corrected chi connectivity index (χ3v) is 4.44. The van der Waals surface area contributed by atoms with E-state index in [4.69, 9.17) is 5.73 Å². The summed E-state index contributed by atoms with van der Waals surface area (Å²) in [4.78, 5) is 0. The zero-order chi connectivity index (χ0) is 13.9. The van der Waals surface area contributed by atoms with Crippen molar-refractivity contribution in [1.29, 1.82) is 0 Å². The number of anilines is 2. The summed E-state index contributed by atoms with van der Waals surface area (Å²) in [5.41, 5.74) is 9.64. The number of nitrogen functional groups attached to an aromatic ring is 1. The van der Waals surface area contributed by atoms with Crippen LogP contribution in [0, 0.1) is 18.3 Å². The van der Waals surface area contributed by atoms with Crippen LogP contribution < -0.4 is 11.1 Å². The summed E-state index contributed by atoms with van der Waals surface area (Å²) in [6.07, 6.45) is 6.90. The van der Waals surface area contributed by atoms with Crippen molar-refractivity contribution < 1.29 is 0 Å². The molecule has 2 rings (SSSR count). The van der Waals surface area contributed by atoms with Crippen molar-refractivity contribution in [2.24, 2.45) is 11.3 Å². The molecular weight excluding hydrogens is 232 g/mol. The molecule has 0 heterocycles. The van der Waals surface area contributed by atoms with Crippen LogP contribution >= 0.6 is 0 Å². The minimum atomic E-state index is 0.517. The van der Waals surface area contributed by atoms with Crippen molar-refractivity contribution in [2.45, 2.75) is 52.9 Å². The smallest absolute Gasteiger partial charge is 0.0345 e. The first-order valence-electron chi connectivity index (χ1n) is 7.61. The zero-order valence-corrected chi connectivity index (χ0v) is 12.6. The molecule has 0 spiro atoms. The fourth-order valence-electron chi connectivity index (χ4n) is 3.52. The molecule has 0 aliphatic heterocycles. The molecule has 0 radical (unpaired) electrons. The van der Waals surface area contributed by atoms with Crippen LogP contribution in [0.25, 0.3) is 0 Å². The van der Waals surface area contributed by atoms with Crippen LogP contribution in [0.4, 0.5) is 11.4 Å². The van der Waals surface area contributed by atoms with Gasteiger partial charge in [0.15, 0.2) is 0 Å². The SMILES string of the molecule is Cc1cc(NCC2(CC(C)C)CCCC2)ccc1N. The maximum absolute atomic E-state index is 5.87. The molecule has 0 atom stereocenters. The molecule has 1 fully saturated rings. The average Bonchev–Trinajstić information content (AvgIpc) is 2.79. The van der Waals surface area contributed by atoms with Crippen molar-refractivity contribution in [3.8, 4) is 0 Å². The fraction of sp³-hybridized carbons (Fsp3) is 0.647. The molecule has 1 aromatic rings. The fourth-order valence-corrected chi connectivity index (χ4v) is 3.52. The molecule has 1 aliphatic rings. The second kappa shape index (κ2) is 5.85. The molecule has 1 aliphatic carbocycles. The highest BCUT2D eigenvalue weighted by Crippen LogP contribution is 2.43. The lowest BCUT2D eigenvalue weighted by molar-refractivity contribution is 0.252. The lowest BCUT2D eigenvalue weighted by Gasteiger charge is -2.31. The van der Waals surface area contributed by atoms with Gasteiger partial charge in [-0.15, -0.1) is 0 Å². The van der Waals surface area contributed by atoms with Gasteiger partial charge in [-0.2, -0.15) is 0 Å². The Hall–Kier alpha value is -1.18. The molecule has 0 saturated heterocycles. The molecule has 0 aromatic heterocycles. The van der Waals surface area contributed by atoms with E-state index in [1.54, 1.807) is 0 Å². The van der Waals surface area contributed by atoms with Gasteiger partial charge in [0.1, 0.15) is 0 Å². The van der Waals surface area contributed by atoms with Crippen molar-refractivity contribution in [1.82, 2.24) is 0 Å². The Morgan fingerprint density at radius 3 is 2.53 bits per heavy atom. The molecule has 3 N–H and O–H groups in total. The van der Waals surface area contributed by atoms with Gasteiger partial charge >= 0.3 is 0 Å². The van der Waals surface area contributed by atoms with Gasteiger partial charge in [-0.3, -0.25) is 0 Å². The summed E-state index contributed by atoms with van der Waals surface area (Å²) in [5.74, 6) is 0.785. The number of nitrogens with two attached hydrogens (primary N) is 1. The Kier molecular flexibility index (Phi) is 4.38. The maximum Gasteiger partial charge on any atom is 0.0345 e. The van der Waals surface area contributed by atoms with E-state index in [-0.39, 0.29) is 0 Å². The average molecular weight is 260 g/mol. The van der Waals surface area contributed by atoms with Gasteiger partial charge in [0.05, 0.1) is 0 Å². The molecule has 0 unspecified atom stereocenters. The summed E-state index contributed by atoms with van der Waals surface area (Å²) >= 11 is 0. The van der Waals surface area contributed by atoms with E-state index in [9.17, 15) is 0 Å². The molecule has 106 valence electrons. The molecule has 1 aromatic carbocycles. The maximum atomic E-state index is 5.87. The molecule has 19 heavy (non-hydrogen) atoms. The number of hydrogen-bond donors (Lipinski definition) is 2. The summed E-state index contributed by atoms with van der Waals surface area (Å²) < 4.78 is 0. The van der Waals surface area contributed by atoms with Crippen molar-refractivity contribution in [2.75, 3.05) is 17.6 Å². The van der Waals surface area contributed by atoms with Gasteiger partial charge in [-0.05, 0) is 61.3 Å². The van der Waals surface area contributed by atoms with Crippen LogP contribution in [0.5, 0.6) is 0 Å². The second-order valence-corrected chi connectivity index (χ2v) is 6.73. The first-order chi connectivity index (χ1) is 9.01. The largest absolute Gasteiger partial charge is 0.399 e. The van der Waals surface area contributed by atoms with E-state index in [1.165, 1.54) is 37.8 Å². The zero-order valence-electron chi connectivity index (χ0n) is 12.6. The summed E-state index contributed by atoms with van der Waals surface area (Å²) in [6.45, 7) is 7.86. The van der Waals surface area contributed by atoms with E-state index in [1.807, 2.05) is 6.07 Å². The number of aryl methyl sites for hydroxylation is 1. The number of hydrogen-bond acceptors (Lipinski definition) is 2.